The molecule has 3 aromatic rings. The summed E-state index contributed by atoms with van der Waals surface area (Å²) in [5, 5.41) is 4.45. The molecule has 3 rings (SSSR count). The summed E-state index contributed by atoms with van der Waals surface area (Å²) in [5.74, 6) is -1.70. The standard InChI is InChI=1S/C18H14ClFN2O5S/c1-21-28(24,25)14-6-7-16(20)15(9-14)18(23)26-10-13-8-17(22-27-13)11-2-4-12(19)5-3-11/h2-9,21H,10H2,1H3. The van der Waals surface area contributed by atoms with Crippen LogP contribution in [0.15, 0.2) is 57.9 Å². The van der Waals surface area contributed by atoms with Gasteiger partial charge < -0.3 is 9.26 Å². The smallest absolute Gasteiger partial charge is 0.341 e. The predicted molar refractivity (Wildman–Crippen MR) is 98.7 cm³/mol. The molecule has 0 saturated heterocycles. The molecule has 0 saturated carbocycles. The second-order valence-electron chi connectivity index (χ2n) is 5.61. The van der Waals surface area contributed by atoms with Crippen LogP contribution in [0, 0.1) is 5.82 Å². The fraction of sp³-hybridized carbons (Fsp3) is 0.111. The highest BCUT2D eigenvalue weighted by Crippen LogP contribution is 2.22. The van der Waals surface area contributed by atoms with Gasteiger partial charge in [0.2, 0.25) is 10.0 Å². The number of benzene rings is 2. The SMILES string of the molecule is CNS(=O)(=O)c1ccc(F)c(C(=O)OCc2cc(-c3ccc(Cl)cc3)no2)c1. The largest absolute Gasteiger partial charge is 0.454 e. The van der Waals surface area contributed by atoms with E-state index in [1.807, 2.05) is 0 Å². The topological polar surface area (TPSA) is 98.5 Å². The second-order valence-corrected chi connectivity index (χ2v) is 7.93. The zero-order valence-electron chi connectivity index (χ0n) is 14.5. The van der Waals surface area contributed by atoms with Gasteiger partial charge in [0.05, 0.1) is 10.5 Å². The maximum Gasteiger partial charge on any atom is 0.341 e. The molecule has 1 heterocycles. The molecule has 7 nitrogen and oxygen atoms in total. The van der Waals surface area contributed by atoms with Crippen LogP contribution >= 0.6 is 11.6 Å². The minimum absolute atomic E-state index is 0.234. The number of hydrogen-bond acceptors (Lipinski definition) is 6. The van der Waals surface area contributed by atoms with Crippen molar-refractivity contribution < 1.29 is 26.9 Å². The molecule has 0 aliphatic rings. The summed E-state index contributed by atoms with van der Waals surface area (Å²) in [6.45, 7) is -0.304. The maximum atomic E-state index is 13.9. The Kier molecular flexibility index (Phi) is 5.78. The van der Waals surface area contributed by atoms with Gasteiger partial charge in [-0.05, 0) is 37.4 Å². The Morgan fingerprint density at radius 1 is 1.21 bits per heavy atom. The van der Waals surface area contributed by atoms with Crippen LogP contribution in [0.2, 0.25) is 5.02 Å². The van der Waals surface area contributed by atoms with Crippen molar-refractivity contribution in [3.05, 3.63) is 70.7 Å². The number of rotatable bonds is 6. The number of esters is 1. The van der Waals surface area contributed by atoms with E-state index >= 15 is 0 Å². The van der Waals surface area contributed by atoms with Crippen LogP contribution in [0.5, 0.6) is 0 Å². The number of nitrogens with zero attached hydrogens (tertiary/aromatic N) is 1. The Bertz CT molecular complexity index is 1110. The van der Waals surface area contributed by atoms with E-state index in [1.165, 1.54) is 7.05 Å². The molecule has 0 aliphatic heterocycles. The number of nitrogens with one attached hydrogen (secondary N) is 1. The molecular weight excluding hydrogens is 411 g/mol. The summed E-state index contributed by atoms with van der Waals surface area (Å²) in [6, 6.07) is 11.3. The highest BCUT2D eigenvalue weighted by atomic mass is 35.5. The molecule has 146 valence electrons. The number of halogens is 2. The van der Waals surface area contributed by atoms with Gasteiger partial charge in [-0.3, -0.25) is 0 Å². The Balaban J connectivity index is 1.73. The molecule has 28 heavy (non-hydrogen) atoms. The average Bonchev–Trinajstić information content (AvgIpc) is 3.16. The number of aromatic nitrogens is 1. The summed E-state index contributed by atoms with van der Waals surface area (Å²) < 4.78 is 49.8. The first-order chi connectivity index (χ1) is 13.3. The third kappa shape index (κ3) is 4.38. The first-order valence-electron chi connectivity index (χ1n) is 7.92. The molecular formula is C18H14ClFN2O5S. The lowest BCUT2D eigenvalue weighted by atomic mass is 10.1. The van der Waals surface area contributed by atoms with Crippen molar-refractivity contribution in [3.63, 3.8) is 0 Å². The van der Waals surface area contributed by atoms with Gasteiger partial charge in [0.25, 0.3) is 0 Å². The van der Waals surface area contributed by atoms with E-state index in [2.05, 4.69) is 9.88 Å². The van der Waals surface area contributed by atoms with Crippen LogP contribution < -0.4 is 4.72 Å². The van der Waals surface area contributed by atoms with Gasteiger partial charge in [-0.25, -0.2) is 22.3 Å². The fourth-order valence-corrected chi connectivity index (χ4v) is 3.18. The van der Waals surface area contributed by atoms with Crippen molar-refractivity contribution in [3.8, 4) is 11.3 Å². The Morgan fingerprint density at radius 2 is 1.93 bits per heavy atom. The monoisotopic (exact) mass is 424 g/mol. The third-order valence-electron chi connectivity index (χ3n) is 3.78. The quantitative estimate of drug-likeness (QED) is 0.609. The third-order valence-corrected chi connectivity index (χ3v) is 5.45. The van der Waals surface area contributed by atoms with Gasteiger partial charge in [0, 0.05) is 16.7 Å². The van der Waals surface area contributed by atoms with Crippen LogP contribution in [0.3, 0.4) is 0 Å². The summed E-state index contributed by atoms with van der Waals surface area (Å²) in [7, 11) is -2.62. The molecule has 0 radical (unpaired) electrons. The molecule has 0 aliphatic carbocycles. The van der Waals surface area contributed by atoms with E-state index in [4.69, 9.17) is 20.9 Å². The minimum atomic E-state index is -3.83. The fourth-order valence-electron chi connectivity index (χ4n) is 2.30. The van der Waals surface area contributed by atoms with E-state index in [0.717, 1.165) is 23.8 Å². The summed E-state index contributed by atoms with van der Waals surface area (Å²) in [5.41, 5.74) is 0.756. The second kappa shape index (κ2) is 8.09. The van der Waals surface area contributed by atoms with Crippen LogP contribution in [-0.4, -0.2) is 26.6 Å². The van der Waals surface area contributed by atoms with Crippen LogP contribution in [0.1, 0.15) is 16.1 Å². The molecule has 0 fully saturated rings. The Labute approximate surface area is 165 Å². The van der Waals surface area contributed by atoms with E-state index in [-0.39, 0.29) is 17.3 Å². The van der Waals surface area contributed by atoms with Crippen molar-refractivity contribution in [1.82, 2.24) is 9.88 Å². The lowest BCUT2D eigenvalue weighted by Crippen LogP contribution is -2.19. The number of carbonyl (C=O) groups excluding carboxylic acids is 1. The van der Waals surface area contributed by atoms with E-state index in [0.29, 0.717) is 10.7 Å². The van der Waals surface area contributed by atoms with Gasteiger partial charge in [-0.1, -0.05) is 28.9 Å². The van der Waals surface area contributed by atoms with Gasteiger partial charge in [0.15, 0.2) is 12.4 Å². The molecule has 1 N–H and O–H groups in total. The van der Waals surface area contributed by atoms with Crippen LogP contribution in [0.25, 0.3) is 11.3 Å². The minimum Gasteiger partial charge on any atom is -0.454 e. The average molecular weight is 425 g/mol. The molecule has 1 aromatic heterocycles. The van der Waals surface area contributed by atoms with Crippen LogP contribution in [-0.2, 0) is 21.4 Å². The molecule has 0 amide bonds. The molecule has 2 aromatic carbocycles. The molecule has 0 bridgehead atoms. The lowest BCUT2D eigenvalue weighted by Gasteiger charge is -2.07. The Morgan fingerprint density at radius 3 is 2.61 bits per heavy atom. The van der Waals surface area contributed by atoms with Gasteiger partial charge >= 0.3 is 5.97 Å². The lowest BCUT2D eigenvalue weighted by molar-refractivity contribution is 0.0431. The summed E-state index contributed by atoms with van der Waals surface area (Å²) >= 11 is 5.83. The first kappa shape index (κ1) is 20.0. The zero-order chi connectivity index (χ0) is 20.3. The van der Waals surface area contributed by atoms with E-state index in [9.17, 15) is 17.6 Å². The molecule has 0 atom stereocenters. The number of hydrogen-bond donors (Lipinski definition) is 1. The maximum absolute atomic E-state index is 13.9. The molecule has 10 heteroatoms. The number of carbonyl (C=O) groups is 1. The van der Waals surface area contributed by atoms with Gasteiger partial charge in [0.1, 0.15) is 11.5 Å². The van der Waals surface area contributed by atoms with Crippen molar-refractivity contribution in [2.75, 3.05) is 7.05 Å². The normalized spacial score (nSPS) is 11.4. The predicted octanol–water partition coefficient (Wildman–Crippen LogP) is 3.40. The van der Waals surface area contributed by atoms with Crippen molar-refractivity contribution in [1.29, 1.82) is 0 Å². The van der Waals surface area contributed by atoms with Crippen molar-refractivity contribution in [2.45, 2.75) is 11.5 Å². The highest BCUT2D eigenvalue weighted by Gasteiger charge is 2.20. The van der Waals surface area contributed by atoms with Gasteiger partial charge in [-0.2, -0.15) is 0 Å². The highest BCUT2D eigenvalue weighted by molar-refractivity contribution is 7.89. The molecule has 0 spiro atoms. The Hall–Kier alpha value is -2.75. The van der Waals surface area contributed by atoms with Crippen LogP contribution in [0.4, 0.5) is 4.39 Å². The van der Waals surface area contributed by atoms with Gasteiger partial charge in [-0.15, -0.1) is 0 Å². The van der Waals surface area contributed by atoms with Crippen molar-refractivity contribution >= 4 is 27.6 Å². The first-order valence-corrected chi connectivity index (χ1v) is 9.78. The van der Waals surface area contributed by atoms with E-state index < -0.39 is 27.4 Å². The zero-order valence-corrected chi connectivity index (χ0v) is 16.1. The van der Waals surface area contributed by atoms with E-state index in [1.54, 1.807) is 30.3 Å². The summed E-state index contributed by atoms with van der Waals surface area (Å²) in [6.07, 6.45) is 0. The number of ether oxygens (including phenoxy) is 1. The number of sulfonamides is 1. The summed E-state index contributed by atoms with van der Waals surface area (Å²) in [4.78, 5) is 11.9. The molecule has 0 unspecified atom stereocenters. The van der Waals surface area contributed by atoms with Crippen molar-refractivity contribution in [2.24, 2.45) is 0 Å².